The van der Waals surface area contributed by atoms with Crippen molar-refractivity contribution in [3.05, 3.63) is 0 Å². The number of carbonyl (C=O) groups excluding carboxylic acids is 1. The molecule has 0 aliphatic carbocycles. The number of likely N-dealkylation sites (tertiary alicyclic amines) is 1. The van der Waals surface area contributed by atoms with Gasteiger partial charge in [0.1, 0.15) is 6.29 Å². The number of ether oxygens (including phenoxy) is 1. The number of aliphatic hydroxyl groups excluding tert-OH is 1. The van der Waals surface area contributed by atoms with Gasteiger partial charge < -0.3 is 19.5 Å². The van der Waals surface area contributed by atoms with E-state index in [9.17, 15) is 4.79 Å². The fourth-order valence-electron chi connectivity index (χ4n) is 3.04. The van der Waals surface area contributed by atoms with Crippen LogP contribution in [0, 0.1) is 11.3 Å². The predicted molar refractivity (Wildman–Crippen MR) is 64.8 cm³/mol. The van der Waals surface area contributed by atoms with Crippen molar-refractivity contribution in [2.45, 2.75) is 25.7 Å². The van der Waals surface area contributed by atoms with Crippen LogP contribution in [0.15, 0.2) is 0 Å². The zero-order valence-corrected chi connectivity index (χ0v) is 10.4. The molecule has 2 rings (SSSR count). The Morgan fingerprint density at radius 3 is 3.06 bits per heavy atom. The Hall–Kier alpha value is -0.450. The molecule has 0 radical (unpaired) electrons. The maximum Gasteiger partial charge on any atom is 0.129 e. The highest BCUT2D eigenvalue weighted by atomic mass is 16.5. The smallest absolute Gasteiger partial charge is 0.129 e. The van der Waals surface area contributed by atoms with Gasteiger partial charge in [-0.05, 0) is 38.1 Å². The van der Waals surface area contributed by atoms with Crippen molar-refractivity contribution < 1.29 is 14.6 Å². The van der Waals surface area contributed by atoms with Crippen LogP contribution in [0.1, 0.15) is 25.7 Å². The Kier molecular flexibility index (Phi) is 4.54. The number of hydrogen-bond donors (Lipinski definition) is 1. The van der Waals surface area contributed by atoms with Gasteiger partial charge in [0.25, 0.3) is 0 Å². The number of aliphatic hydroxyl groups is 1. The fourth-order valence-corrected chi connectivity index (χ4v) is 3.04. The molecule has 17 heavy (non-hydrogen) atoms. The lowest BCUT2D eigenvalue weighted by molar-refractivity contribution is -0.117. The van der Waals surface area contributed by atoms with Gasteiger partial charge in [-0.25, -0.2) is 0 Å². The van der Waals surface area contributed by atoms with Crippen molar-refractivity contribution in [2.24, 2.45) is 11.3 Å². The van der Waals surface area contributed by atoms with Crippen LogP contribution in [-0.2, 0) is 9.53 Å². The third kappa shape index (κ3) is 3.27. The summed E-state index contributed by atoms with van der Waals surface area (Å²) in [7, 11) is 0. The van der Waals surface area contributed by atoms with Gasteiger partial charge in [-0.3, -0.25) is 0 Å². The summed E-state index contributed by atoms with van der Waals surface area (Å²) in [4.78, 5) is 13.6. The lowest BCUT2D eigenvalue weighted by Crippen LogP contribution is -2.44. The summed E-state index contributed by atoms with van der Waals surface area (Å²) in [5.41, 5.74) is -0.263. The van der Waals surface area contributed by atoms with E-state index in [0.717, 1.165) is 38.8 Å². The molecule has 0 aromatic rings. The molecule has 2 atom stereocenters. The lowest BCUT2D eigenvalue weighted by atomic mass is 9.86. The van der Waals surface area contributed by atoms with Crippen molar-refractivity contribution >= 4 is 6.29 Å². The predicted octanol–water partition coefficient (Wildman–Crippen LogP) is 0.686. The van der Waals surface area contributed by atoms with Crippen LogP contribution in [-0.4, -0.2) is 55.7 Å². The molecule has 2 saturated heterocycles. The maximum atomic E-state index is 11.3. The molecule has 2 unspecified atom stereocenters. The molecule has 2 heterocycles. The largest absolute Gasteiger partial charge is 0.396 e. The molecule has 2 aliphatic rings. The number of hydrogen-bond acceptors (Lipinski definition) is 4. The van der Waals surface area contributed by atoms with Crippen LogP contribution in [0.2, 0.25) is 0 Å². The molecule has 0 aromatic heterocycles. The summed E-state index contributed by atoms with van der Waals surface area (Å²) in [6, 6.07) is 0. The van der Waals surface area contributed by atoms with E-state index >= 15 is 0 Å². The van der Waals surface area contributed by atoms with Gasteiger partial charge in [0.15, 0.2) is 0 Å². The summed E-state index contributed by atoms with van der Waals surface area (Å²) < 4.78 is 5.37. The van der Waals surface area contributed by atoms with Gasteiger partial charge in [-0.15, -0.1) is 0 Å². The number of aldehydes is 1. The second kappa shape index (κ2) is 5.94. The van der Waals surface area contributed by atoms with Crippen molar-refractivity contribution in [1.82, 2.24) is 4.90 Å². The normalized spacial score (nSPS) is 35.0. The average molecular weight is 241 g/mol. The van der Waals surface area contributed by atoms with Crippen LogP contribution < -0.4 is 0 Å². The van der Waals surface area contributed by atoms with E-state index in [1.807, 2.05) is 0 Å². The minimum absolute atomic E-state index is 0.263. The van der Waals surface area contributed by atoms with E-state index in [0.29, 0.717) is 19.1 Å². The summed E-state index contributed by atoms with van der Waals surface area (Å²) in [6.07, 6.45) is 5.23. The molecule has 2 aliphatic heterocycles. The van der Waals surface area contributed by atoms with Crippen LogP contribution in [0.3, 0.4) is 0 Å². The zero-order chi connectivity index (χ0) is 12.1. The minimum atomic E-state index is -0.263. The minimum Gasteiger partial charge on any atom is -0.396 e. The van der Waals surface area contributed by atoms with E-state index in [4.69, 9.17) is 9.84 Å². The third-order valence-electron chi connectivity index (χ3n) is 4.06. The SMILES string of the molecule is O=CC1(CN2CCCC(CCO)C2)CCOC1. The molecule has 4 heteroatoms. The highest BCUT2D eigenvalue weighted by molar-refractivity contribution is 5.60. The quantitative estimate of drug-likeness (QED) is 0.719. The Balaban J connectivity index is 1.87. The second-order valence-corrected chi connectivity index (χ2v) is 5.54. The molecule has 98 valence electrons. The van der Waals surface area contributed by atoms with Gasteiger partial charge in [-0.1, -0.05) is 0 Å². The first kappa shape index (κ1) is 13.0. The summed E-state index contributed by atoms with van der Waals surface area (Å²) in [6.45, 7) is 4.51. The molecule has 2 fully saturated rings. The number of nitrogens with zero attached hydrogens (tertiary/aromatic N) is 1. The molecular weight excluding hydrogens is 218 g/mol. The summed E-state index contributed by atoms with van der Waals surface area (Å²) >= 11 is 0. The Morgan fingerprint density at radius 1 is 1.53 bits per heavy atom. The Labute approximate surface area is 103 Å². The number of carbonyl (C=O) groups is 1. The van der Waals surface area contributed by atoms with Crippen LogP contribution in [0.25, 0.3) is 0 Å². The monoisotopic (exact) mass is 241 g/mol. The topological polar surface area (TPSA) is 49.8 Å². The first-order valence-corrected chi connectivity index (χ1v) is 6.65. The van der Waals surface area contributed by atoms with Crippen molar-refractivity contribution in [1.29, 1.82) is 0 Å². The second-order valence-electron chi connectivity index (χ2n) is 5.54. The van der Waals surface area contributed by atoms with E-state index in [1.165, 1.54) is 12.8 Å². The van der Waals surface area contributed by atoms with Crippen LogP contribution >= 0.6 is 0 Å². The third-order valence-corrected chi connectivity index (χ3v) is 4.06. The van der Waals surface area contributed by atoms with Gasteiger partial charge in [-0.2, -0.15) is 0 Å². The first-order valence-electron chi connectivity index (χ1n) is 6.65. The average Bonchev–Trinajstić information content (AvgIpc) is 2.79. The first-order chi connectivity index (χ1) is 8.28. The molecule has 0 spiro atoms. The number of rotatable bonds is 5. The molecular formula is C13H23NO3. The van der Waals surface area contributed by atoms with Crippen LogP contribution in [0.5, 0.6) is 0 Å². The fraction of sp³-hybridized carbons (Fsp3) is 0.923. The molecule has 0 aromatic carbocycles. The highest BCUT2D eigenvalue weighted by Crippen LogP contribution is 2.29. The molecule has 0 amide bonds. The van der Waals surface area contributed by atoms with Crippen LogP contribution in [0.4, 0.5) is 0 Å². The molecule has 4 nitrogen and oxygen atoms in total. The molecule has 0 saturated carbocycles. The molecule has 1 N–H and O–H groups in total. The van der Waals surface area contributed by atoms with E-state index in [2.05, 4.69) is 4.90 Å². The molecule has 0 bridgehead atoms. The standard InChI is InChI=1S/C13H23NO3/c15-6-3-12-2-1-5-14(8-12)9-13(10-16)4-7-17-11-13/h10,12,15H,1-9,11H2. The Morgan fingerprint density at radius 2 is 2.41 bits per heavy atom. The maximum absolute atomic E-state index is 11.3. The van der Waals surface area contributed by atoms with Gasteiger partial charge >= 0.3 is 0 Å². The van der Waals surface area contributed by atoms with Crippen molar-refractivity contribution in [2.75, 3.05) is 39.5 Å². The van der Waals surface area contributed by atoms with E-state index in [-0.39, 0.29) is 12.0 Å². The van der Waals surface area contributed by atoms with Crippen molar-refractivity contribution in [3.63, 3.8) is 0 Å². The van der Waals surface area contributed by atoms with Gasteiger partial charge in [0.2, 0.25) is 0 Å². The van der Waals surface area contributed by atoms with E-state index < -0.39 is 0 Å². The highest BCUT2D eigenvalue weighted by Gasteiger charge is 2.37. The number of piperidine rings is 1. The summed E-state index contributed by atoms with van der Waals surface area (Å²) in [5.74, 6) is 0.597. The Bertz CT molecular complexity index is 249. The van der Waals surface area contributed by atoms with E-state index in [1.54, 1.807) is 0 Å². The van der Waals surface area contributed by atoms with Crippen molar-refractivity contribution in [3.8, 4) is 0 Å². The lowest BCUT2D eigenvalue weighted by Gasteiger charge is -2.36. The van der Waals surface area contributed by atoms with Gasteiger partial charge in [0.05, 0.1) is 12.0 Å². The zero-order valence-electron chi connectivity index (χ0n) is 10.4. The summed E-state index contributed by atoms with van der Waals surface area (Å²) in [5, 5.41) is 8.99. The van der Waals surface area contributed by atoms with Gasteiger partial charge in [0, 0.05) is 26.3 Å².